The second-order valence-corrected chi connectivity index (χ2v) is 2.94. The summed E-state index contributed by atoms with van der Waals surface area (Å²) in [5.74, 6) is 0. The number of halogens is 1. The molecule has 11 heavy (non-hydrogen) atoms. The van der Waals surface area contributed by atoms with Crippen molar-refractivity contribution in [3.8, 4) is 0 Å². The molecular formula is C8H10ClNO. The van der Waals surface area contributed by atoms with E-state index in [4.69, 9.17) is 16.8 Å². The third-order valence-electron chi connectivity index (χ3n) is 1.63. The maximum atomic E-state index is 8.64. The Hall–Kier alpha value is -0.730. The van der Waals surface area contributed by atoms with Crippen LogP contribution in [0.3, 0.4) is 0 Å². The lowest BCUT2D eigenvalue weighted by molar-refractivity contribution is 0.388. The fourth-order valence-electron chi connectivity index (χ4n) is 0.901. The Kier molecular flexibility index (Phi) is 2.37. The van der Waals surface area contributed by atoms with Gasteiger partial charge in [-0.1, -0.05) is 11.6 Å². The summed E-state index contributed by atoms with van der Waals surface area (Å²) < 4.78 is 0. The number of benzene rings is 1. The highest BCUT2D eigenvalue weighted by atomic mass is 35.5. The van der Waals surface area contributed by atoms with Gasteiger partial charge >= 0.3 is 0 Å². The van der Waals surface area contributed by atoms with E-state index in [9.17, 15) is 0 Å². The van der Waals surface area contributed by atoms with Crippen LogP contribution in [0.15, 0.2) is 12.1 Å². The summed E-state index contributed by atoms with van der Waals surface area (Å²) >= 11 is 5.83. The van der Waals surface area contributed by atoms with Crippen LogP contribution in [0.1, 0.15) is 11.1 Å². The molecule has 60 valence electrons. The average Bonchev–Trinajstić information content (AvgIpc) is 1.97. The van der Waals surface area contributed by atoms with E-state index in [0.29, 0.717) is 5.69 Å². The fraction of sp³-hybridized carbons (Fsp3) is 0.250. The monoisotopic (exact) mass is 171 g/mol. The lowest BCUT2D eigenvalue weighted by Gasteiger charge is -2.05. The SMILES string of the molecule is Cc1cc(NO)c(C)cc1Cl. The Morgan fingerprint density at radius 1 is 1.27 bits per heavy atom. The van der Waals surface area contributed by atoms with Gasteiger partial charge in [0.05, 0.1) is 5.69 Å². The minimum absolute atomic E-state index is 0.701. The van der Waals surface area contributed by atoms with Gasteiger partial charge in [-0.3, -0.25) is 10.7 Å². The second-order valence-electron chi connectivity index (χ2n) is 2.53. The summed E-state index contributed by atoms with van der Waals surface area (Å²) in [6.45, 7) is 3.77. The third kappa shape index (κ3) is 1.64. The Bertz CT molecular complexity index is 273. The molecule has 2 nitrogen and oxygen atoms in total. The Morgan fingerprint density at radius 2 is 1.91 bits per heavy atom. The molecule has 0 bridgehead atoms. The van der Waals surface area contributed by atoms with E-state index in [1.807, 2.05) is 19.9 Å². The Balaban J connectivity index is 3.21. The molecule has 3 heteroatoms. The van der Waals surface area contributed by atoms with Crippen molar-refractivity contribution in [3.63, 3.8) is 0 Å². The zero-order chi connectivity index (χ0) is 8.43. The lowest BCUT2D eigenvalue weighted by atomic mass is 10.1. The van der Waals surface area contributed by atoms with Crippen LogP contribution in [0.25, 0.3) is 0 Å². The highest BCUT2D eigenvalue weighted by molar-refractivity contribution is 6.31. The van der Waals surface area contributed by atoms with Crippen LogP contribution in [0.2, 0.25) is 5.02 Å². The minimum atomic E-state index is 0.701. The van der Waals surface area contributed by atoms with Crippen LogP contribution in [-0.4, -0.2) is 5.21 Å². The molecule has 1 aromatic carbocycles. The van der Waals surface area contributed by atoms with Crippen molar-refractivity contribution >= 4 is 17.3 Å². The highest BCUT2D eigenvalue weighted by Crippen LogP contribution is 2.23. The summed E-state index contributed by atoms with van der Waals surface area (Å²) in [5, 5.41) is 9.36. The van der Waals surface area contributed by atoms with Crippen molar-refractivity contribution in [2.75, 3.05) is 5.48 Å². The van der Waals surface area contributed by atoms with E-state index < -0.39 is 0 Å². The van der Waals surface area contributed by atoms with Crippen molar-refractivity contribution in [2.24, 2.45) is 0 Å². The molecule has 0 unspecified atom stereocenters. The van der Waals surface area contributed by atoms with Crippen LogP contribution < -0.4 is 5.48 Å². The summed E-state index contributed by atoms with van der Waals surface area (Å²) in [5.41, 5.74) is 4.69. The summed E-state index contributed by atoms with van der Waals surface area (Å²) in [4.78, 5) is 0. The van der Waals surface area contributed by atoms with Crippen molar-refractivity contribution in [3.05, 3.63) is 28.3 Å². The van der Waals surface area contributed by atoms with Gasteiger partial charge in [-0.05, 0) is 37.1 Å². The number of rotatable bonds is 1. The van der Waals surface area contributed by atoms with E-state index in [1.165, 1.54) is 0 Å². The van der Waals surface area contributed by atoms with Gasteiger partial charge < -0.3 is 0 Å². The quantitative estimate of drug-likeness (QED) is 0.637. The molecule has 0 aliphatic rings. The molecule has 0 saturated carbocycles. The Morgan fingerprint density at radius 3 is 2.45 bits per heavy atom. The highest BCUT2D eigenvalue weighted by Gasteiger charge is 2.00. The van der Waals surface area contributed by atoms with Gasteiger partial charge in [0, 0.05) is 5.02 Å². The molecule has 0 aliphatic heterocycles. The first-order chi connectivity index (χ1) is 5.15. The van der Waals surface area contributed by atoms with Crippen molar-refractivity contribution in [2.45, 2.75) is 13.8 Å². The molecule has 0 radical (unpaired) electrons. The zero-order valence-corrected chi connectivity index (χ0v) is 7.24. The van der Waals surface area contributed by atoms with Gasteiger partial charge in [0.25, 0.3) is 0 Å². The van der Waals surface area contributed by atoms with Crippen molar-refractivity contribution < 1.29 is 5.21 Å². The number of hydrogen-bond acceptors (Lipinski definition) is 2. The lowest BCUT2D eigenvalue weighted by Crippen LogP contribution is -1.93. The van der Waals surface area contributed by atoms with E-state index in [-0.39, 0.29) is 0 Å². The van der Waals surface area contributed by atoms with Crippen LogP contribution in [0.5, 0.6) is 0 Å². The van der Waals surface area contributed by atoms with Gasteiger partial charge in [-0.25, -0.2) is 0 Å². The number of anilines is 1. The number of hydrogen-bond donors (Lipinski definition) is 2. The normalized spacial score (nSPS) is 9.82. The molecule has 0 aromatic heterocycles. The molecule has 2 N–H and O–H groups in total. The van der Waals surface area contributed by atoms with E-state index in [1.54, 1.807) is 6.07 Å². The Labute approximate surface area is 70.8 Å². The van der Waals surface area contributed by atoms with Gasteiger partial charge in [-0.2, -0.15) is 0 Å². The summed E-state index contributed by atoms with van der Waals surface area (Å²) in [6.07, 6.45) is 0. The van der Waals surface area contributed by atoms with Crippen LogP contribution in [0.4, 0.5) is 5.69 Å². The zero-order valence-electron chi connectivity index (χ0n) is 6.48. The first-order valence-corrected chi connectivity index (χ1v) is 3.70. The summed E-state index contributed by atoms with van der Waals surface area (Å²) in [6, 6.07) is 3.62. The van der Waals surface area contributed by atoms with Gasteiger partial charge in [-0.15, -0.1) is 0 Å². The molecule has 0 heterocycles. The van der Waals surface area contributed by atoms with E-state index >= 15 is 0 Å². The molecule has 1 aromatic rings. The van der Waals surface area contributed by atoms with Gasteiger partial charge in [0.2, 0.25) is 0 Å². The van der Waals surface area contributed by atoms with Gasteiger partial charge in [0.1, 0.15) is 0 Å². The first kappa shape index (κ1) is 8.37. The molecule has 0 atom stereocenters. The minimum Gasteiger partial charge on any atom is -0.291 e. The average molecular weight is 172 g/mol. The number of aryl methyl sites for hydroxylation is 2. The molecule has 0 saturated heterocycles. The van der Waals surface area contributed by atoms with Crippen LogP contribution in [0, 0.1) is 13.8 Å². The standard InChI is InChI=1S/C8H10ClNO/c1-5-4-8(10-11)6(2)3-7(5)9/h3-4,10-11H,1-2H3. The molecule has 1 rings (SSSR count). The predicted octanol–water partition coefficient (Wildman–Crippen LogP) is 2.76. The molecule has 0 fully saturated rings. The number of nitrogens with one attached hydrogen (secondary N) is 1. The van der Waals surface area contributed by atoms with E-state index in [2.05, 4.69) is 5.48 Å². The largest absolute Gasteiger partial charge is 0.291 e. The maximum absolute atomic E-state index is 8.64. The molecule has 0 aliphatic carbocycles. The molecular weight excluding hydrogens is 162 g/mol. The second kappa shape index (κ2) is 3.11. The summed E-state index contributed by atoms with van der Waals surface area (Å²) in [7, 11) is 0. The van der Waals surface area contributed by atoms with E-state index in [0.717, 1.165) is 16.1 Å². The first-order valence-electron chi connectivity index (χ1n) is 3.32. The van der Waals surface area contributed by atoms with Crippen molar-refractivity contribution in [1.82, 2.24) is 0 Å². The van der Waals surface area contributed by atoms with Crippen LogP contribution in [-0.2, 0) is 0 Å². The maximum Gasteiger partial charge on any atom is 0.0634 e. The van der Waals surface area contributed by atoms with Gasteiger partial charge in [0.15, 0.2) is 0 Å². The smallest absolute Gasteiger partial charge is 0.0634 e. The predicted molar refractivity (Wildman–Crippen MR) is 46.3 cm³/mol. The molecule has 0 amide bonds. The van der Waals surface area contributed by atoms with Crippen LogP contribution >= 0.6 is 11.6 Å². The fourth-order valence-corrected chi connectivity index (χ4v) is 1.12. The van der Waals surface area contributed by atoms with Crippen molar-refractivity contribution in [1.29, 1.82) is 0 Å². The molecule has 0 spiro atoms. The third-order valence-corrected chi connectivity index (χ3v) is 2.03. The topological polar surface area (TPSA) is 32.3 Å².